The van der Waals surface area contributed by atoms with Gasteiger partial charge in [-0.3, -0.25) is 4.79 Å². The number of hydrogen-bond donors (Lipinski definition) is 0. The number of benzene rings is 2. The molecule has 6 heteroatoms. The van der Waals surface area contributed by atoms with Crippen molar-refractivity contribution in [2.45, 2.75) is 20.0 Å². The highest BCUT2D eigenvalue weighted by Crippen LogP contribution is 2.60. The van der Waals surface area contributed by atoms with Crippen LogP contribution in [0.1, 0.15) is 25.5 Å². The highest BCUT2D eigenvalue weighted by atomic mass is 79.9. The number of carbonyl (C=O) groups is 1. The number of ether oxygens (including phenoxy) is 2. The molecule has 0 radical (unpaired) electrons. The molecule has 0 aromatic heterocycles. The lowest BCUT2D eigenvalue weighted by molar-refractivity contribution is -0.149. The molecule has 0 bridgehead atoms. The molecule has 29 heavy (non-hydrogen) atoms. The van der Waals surface area contributed by atoms with Gasteiger partial charge in [0.15, 0.2) is 11.6 Å². The topological polar surface area (TPSA) is 35.5 Å². The zero-order valence-electron chi connectivity index (χ0n) is 16.1. The molecule has 1 fully saturated rings. The maximum absolute atomic E-state index is 13.8. The Balaban J connectivity index is 1.74. The van der Waals surface area contributed by atoms with Crippen molar-refractivity contribution in [2.24, 2.45) is 17.3 Å². The minimum atomic E-state index is -0.625. The SMILES string of the molecule is C=CC(OC(=O)C1C(C=C(Br)Br)C1(C)C)c1cccc(Oc2ccccc2F)c1. The first-order valence-electron chi connectivity index (χ1n) is 9.12. The molecule has 2 aromatic carbocycles. The molecular formula is C23H21Br2FO3. The van der Waals surface area contributed by atoms with Gasteiger partial charge in [-0.15, -0.1) is 0 Å². The van der Waals surface area contributed by atoms with Gasteiger partial charge in [-0.05, 0) is 73.5 Å². The summed E-state index contributed by atoms with van der Waals surface area (Å²) < 4.78 is 26.0. The third-order valence-electron chi connectivity index (χ3n) is 5.18. The third kappa shape index (κ3) is 4.98. The molecule has 3 unspecified atom stereocenters. The highest BCUT2D eigenvalue weighted by molar-refractivity contribution is 9.28. The second-order valence-corrected chi connectivity index (χ2v) is 10.3. The molecule has 0 aliphatic heterocycles. The molecule has 1 saturated carbocycles. The summed E-state index contributed by atoms with van der Waals surface area (Å²) >= 11 is 6.71. The van der Waals surface area contributed by atoms with Crippen LogP contribution in [-0.2, 0) is 9.53 Å². The van der Waals surface area contributed by atoms with Gasteiger partial charge in [0.1, 0.15) is 11.9 Å². The van der Waals surface area contributed by atoms with Gasteiger partial charge in [-0.1, -0.05) is 50.8 Å². The summed E-state index contributed by atoms with van der Waals surface area (Å²) in [4.78, 5) is 12.8. The first-order valence-corrected chi connectivity index (χ1v) is 10.7. The van der Waals surface area contributed by atoms with Crippen LogP contribution < -0.4 is 4.74 Å². The standard InChI is InChI=1S/C23H21Br2FO3/c1-4-18(29-22(27)21-16(13-20(24)25)23(21,2)3)14-8-7-9-15(12-14)28-19-11-6-5-10-17(19)26/h4-13,16,18,21H,1H2,2-3H3. The summed E-state index contributed by atoms with van der Waals surface area (Å²) in [5, 5.41) is 0. The Hall–Kier alpha value is -1.92. The Bertz CT molecular complexity index is 951. The molecule has 0 spiro atoms. The van der Waals surface area contributed by atoms with Crippen molar-refractivity contribution in [3.8, 4) is 11.5 Å². The molecule has 1 aliphatic rings. The Kier molecular flexibility index (Phi) is 6.64. The fourth-order valence-electron chi connectivity index (χ4n) is 3.43. The van der Waals surface area contributed by atoms with E-state index in [2.05, 4.69) is 38.4 Å². The van der Waals surface area contributed by atoms with E-state index in [4.69, 9.17) is 9.47 Å². The molecule has 2 aromatic rings. The molecule has 0 amide bonds. The van der Waals surface area contributed by atoms with Crippen LogP contribution in [0.5, 0.6) is 11.5 Å². The summed E-state index contributed by atoms with van der Waals surface area (Å²) in [5.74, 6) is -0.281. The Morgan fingerprint density at radius 3 is 2.59 bits per heavy atom. The largest absolute Gasteiger partial charge is 0.454 e. The lowest BCUT2D eigenvalue weighted by Crippen LogP contribution is -2.14. The first kappa shape index (κ1) is 21.8. The van der Waals surface area contributed by atoms with Crippen molar-refractivity contribution in [3.63, 3.8) is 0 Å². The summed E-state index contributed by atoms with van der Waals surface area (Å²) in [6.07, 6.45) is 2.92. The summed E-state index contributed by atoms with van der Waals surface area (Å²) in [5.41, 5.74) is 0.528. The Labute approximate surface area is 186 Å². The zero-order chi connectivity index (χ0) is 21.2. The van der Waals surface area contributed by atoms with E-state index < -0.39 is 11.9 Å². The maximum Gasteiger partial charge on any atom is 0.311 e. The summed E-state index contributed by atoms with van der Waals surface area (Å²) in [6, 6.07) is 13.2. The molecular weight excluding hydrogens is 503 g/mol. The molecule has 0 heterocycles. The highest BCUT2D eigenvalue weighted by Gasteiger charge is 2.61. The fraction of sp³-hybridized carbons (Fsp3) is 0.261. The lowest BCUT2D eigenvalue weighted by atomic mass is 10.1. The quantitative estimate of drug-likeness (QED) is 0.282. The van der Waals surface area contributed by atoms with Crippen molar-refractivity contribution in [3.05, 3.63) is 82.0 Å². The number of hydrogen-bond acceptors (Lipinski definition) is 3. The van der Waals surface area contributed by atoms with E-state index in [0.29, 0.717) is 11.3 Å². The van der Waals surface area contributed by atoms with Gasteiger partial charge in [0.25, 0.3) is 0 Å². The second-order valence-electron chi connectivity index (χ2n) is 7.48. The van der Waals surface area contributed by atoms with Gasteiger partial charge in [-0.25, -0.2) is 4.39 Å². The molecule has 3 atom stereocenters. The van der Waals surface area contributed by atoms with E-state index in [1.807, 2.05) is 26.0 Å². The number of allylic oxidation sites excluding steroid dienone is 1. The van der Waals surface area contributed by atoms with Crippen molar-refractivity contribution in [1.82, 2.24) is 0 Å². The molecule has 1 aliphatic carbocycles. The number of carbonyl (C=O) groups excluding carboxylic acids is 1. The van der Waals surface area contributed by atoms with Crippen molar-refractivity contribution >= 4 is 37.8 Å². The number of rotatable bonds is 7. The van der Waals surface area contributed by atoms with Crippen molar-refractivity contribution < 1.29 is 18.7 Å². The predicted octanol–water partition coefficient (Wildman–Crippen LogP) is 7.29. The van der Waals surface area contributed by atoms with Crippen LogP contribution >= 0.6 is 31.9 Å². The van der Waals surface area contributed by atoms with Crippen LogP contribution in [-0.4, -0.2) is 5.97 Å². The number of esters is 1. The van der Waals surface area contributed by atoms with Gasteiger partial charge < -0.3 is 9.47 Å². The molecule has 0 saturated heterocycles. The minimum Gasteiger partial charge on any atom is -0.454 e. The Morgan fingerprint density at radius 2 is 1.93 bits per heavy atom. The van der Waals surface area contributed by atoms with Crippen molar-refractivity contribution in [1.29, 1.82) is 0 Å². The number of para-hydroxylation sites is 1. The molecule has 3 nitrogen and oxygen atoms in total. The van der Waals surface area contributed by atoms with E-state index in [0.717, 1.165) is 3.39 Å². The van der Waals surface area contributed by atoms with E-state index in [1.54, 1.807) is 42.5 Å². The second kappa shape index (κ2) is 8.84. The van der Waals surface area contributed by atoms with Gasteiger partial charge in [0.2, 0.25) is 0 Å². The van der Waals surface area contributed by atoms with Crippen LogP contribution in [0.4, 0.5) is 4.39 Å². The first-order chi connectivity index (χ1) is 13.7. The monoisotopic (exact) mass is 522 g/mol. The zero-order valence-corrected chi connectivity index (χ0v) is 19.2. The molecule has 152 valence electrons. The van der Waals surface area contributed by atoms with Crippen LogP contribution in [0.2, 0.25) is 0 Å². The van der Waals surface area contributed by atoms with Crippen LogP contribution in [0.3, 0.4) is 0 Å². The molecule has 3 rings (SSSR count). The van der Waals surface area contributed by atoms with Crippen LogP contribution in [0.15, 0.2) is 70.7 Å². The summed E-state index contributed by atoms with van der Waals surface area (Å²) in [7, 11) is 0. The Morgan fingerprint density at radius 1 is 1.21 bits per heavy atom. The summed E-state index contributed by atoms with van der Waals surface area (Å²) in [6.45, 7) is 7.87. The lowest BCUT2D eigenvalue weighted by Gasteiger charge is -2.16. The smallest absolute Gasteiger partial charge is 0.311 e. The normalized spacial score (nSPS) is 20.3. The molecule has 0 N–H and O–H groups in total. The predicted molar refractivity (Wildman–Crippen MR) is 119 cm³/mol. The van der Waals surface area contributed by atoms with E-state index in [-0.39, 0.29) is 29.0 Å². The van der Waals surface area contributed by atoms with Crippen molar-refractivity contribution in [2.75, 3.05) is 0 Å². The van der Waals surface area contributed by atoms with Gasteiger partial charge >= 0.3 is 5.97 Å². The van der Waals surface area contributed by atoms with Crippen LogP contribution in [0, 0.1) is 23.1 Å². The van der Waals surface area contributed by atoms with Gasteiger partial charge in [0, 0.05) is 5.56 Å². The maximum atomic E-state index is 13.8. The number of halogens is 3. The fourth-order valence-corrected chi connectivity index (χ4v) is 4.00. The van der Waals surface area contributed by atoms with Gasteiger partial charge in [0.05, 0.1) is 9.31 Å². The average Bonchev–Trinajstić information content (AvgIpc) is 3.21. The average molecular weight is 524 g/mol. The van der Waals surface area contributed by atoms with E-state index >= 15 is 0 Å². The van der Waals surface area contributed by atoms with E-state index in [9.17, 15) is 9.18 Å². The van der Waals surface area contributed by atoms with Crippen LogP contribution in [0.25, 0.3) is 0 Å². The third-order valence-corrected chi connectivity index (χ3v) is 5.71. The minimum absolute atomic E-state index is 0.0879. The van der Waals surface area contributed by atoms with E-state index in [1.165, 1.54) is 6.07 Å². The van der Waals surface area contributed by atoms with Gasteiger partial charge in [-0.2, -0.15) is 0 Å².